The van der Waals surface area contributed by atoms with Crippen LogP contribution in [0, 0.1) is 5.82 Å². The van der Waals surface area contributed by atoms with E-state index in [0.717, 1.165) is 18.2 Å². The normalized spacial score (nSPS) is 14.8. The van der Waals surface area contributed by atoms with Crippen molar-refractivity contribution in [1.82, 2.24) is 0 Å². The molecule has 0 aliphatic heterocycles. The van der Waals surface area contributed by atoms with E-state index in [0.29, 0.717) is 0 Å². The summed E-state index contributed by atoms with van der Waals surface area (Å²) in [7, 11) is 0. The van der Waals surface area contributed by atoms with Crippen LogP contribution in [0.3, 0.4) is 0 Å². The Balaban J connectivity index is 2.83. The van der Waals surface area contributed by atoms with Gasteiger partial charge in [0.25, 0.3) is 0 Å². The van der Waals surface area contributed by atoms with Gasteiger partial charge in [0.05, 0.1) is 6.61 Å². The van der Waals surface area contributed by atoms with Gasteiger partial charge in [-0.05, 0) is 52.2 Å². The number of halogens is 7. The Labute approximate surface area is 167 Å². The highest BCUT2D eigenvalue weighted by Gasteiger charge is 2.42. The minimum atomic E-state index is -5.03. The summed E-state index contributed by atoms with van der Waals surface area (Å²) in [6.07, 6.45) is -9.72. The van der Waals surface area contributed by atoms with Gasteiger partial charge in [0.2, 0.25) is 5.71 Å². The SMILES string of the molecule is CC(C)(C)[S@+]([O-])N=C(c1ccc(OCCCCCC(F)(F)F)cc1F)C(F)(F)F. The van der Waals surface area contributed by atoms with E-state index in [4.69, 9.17) is 4.74 Å². The third-order valence-electron chi connectivity index (χ3n) is 3.54. The molecule has 1 aromatic rings. The molecule has 0 N–H and O–H groups in total. The van der Waals surface area contributed by atoms with Crippen molar-refractivity contribution in [3.05, 3.63) is 29.6 Å². The molecule has 0 aliphatic carbocycles. The molecule has 0 aliphatic rings. The zero-order valence-electron chi connectivity index (χ0n) is 16.1. The average molecular weight is 449 g/mol. The van der Waals surface area contributed by atoms with E-state index in [-0.39, 0.29) is 31.6 Å². The lowest BCUT2D eigenvalue weighted by Gasteiger charge is -2.20. The first-order chi connectivity index (χ1) is 13.1. The van der Waals surface area contributed by atoms with Gasteiger partial charge in [0.15, 0.2) is 0 Å². The van der Waals surface area contributed by atoms with E-state index in [9.17, 15) is 35.3 Å². The van der Waals surface area contributed by atoms with Crippen LogP contribution in [0.1, 0.15) is 52.0 Å². The van der Waals surface area contributed by atoms with E-state index in [1.54, 1.807) is 0 Å². The molecular formula is C18H22F7NO2S. The summed E-state index contributed by atoms with van der Waals surface area (Å²) in [6.45, 7) is 4.29. The second-order valence-electron chi connectivity index (χ2n) is 7.22. The highest BCUT2D eigenvalue weighted by Crippen LogP contribution is 2.29. The molecular weight excluding hydrogens is 427 g/mol. The molecule has 0 bridgehead atoms. The minimum absolute atomic E-state index is 0.00903. The Morgan fingerprint density at radius 1 is 1.03 bits per heavy atom. The van der Waals surface area contributed by atoms with Crippen LogP contribution in [-0.2, 0) is 11.4 Å². The van der Waals surface area contributed by atoms with Crippen molar-refractivity contribution in [2.75, 3.05) is 6.61 Å². The lowest BCUT2D eigenvalue weighted by Crippen LogP contribution is -2.32. The molecule has 0 radical (unpaired) electrons. The summed E-state index contributed by atoms with van der Waals surface area (Å²) in [5.41, 5.74) is -2.46. The molecule has 29 heavy (non-hydrogen) atoms. The fraction of sp³-hybridized carbons (Fsp3) is 0.611. The highest BCUT2D eigenvalue weighted by molar-refractivity contribution is 7.91. The summed E-state index contributed by atoms with van der Waals surface area (Å²) in [6, 6.07) is 2.64. The highest BCUT2D eigenvalue weighted by atomic mass is 32.2. The maximum absolute atomic E-state index is 14.3. The molecule has 3 nitrogen and oxygen atoms in total. The van der Waals surface area contributed by atoms with Gasteiger partial charge in [-0.3, -0.25) is 0 Å². The molecule has 0 saturated heterocycles. The van der Waals surface area contributed by atoms with Crippen LogP contribution in [-0.4, -0.2) is 34.0 Å². The van der Waals surface area contributed by atoms with E-state index in [1.165, 1.54) is 20.8 Å². The standard InChI is InChI=1S/C18H22F7NO2S/c1-16(2,3)29(27)26-15(18(23,24)25)13-8-7-12(11-14(13)19)28-10-6-4-5-9-17(20,21)22/h7-8,11H,4-6,9-10H2,1-3H3/t29-/m0/s1. The van der Waals surface area contributed by atoms with Crippen LogP contribution in [0.4, 0.5) is 30.7 Å². The van der Waals surface area contributed by atoms with Crippen LogP contribution >= 0.6 is 0 Å². The molecule has 1 atom stereocenters. The molecule has 0 aromatic heterocycles. The number of benzene rings is 1. The van der Waals surface area contributed by atoms with Crippen molar-refractivity contribution >= 4 is 17.1 Å². The lowest BCUT2D eigenvalue weighted by molar-refractivity contribution is -0.135. The van der Waals surface area contributed by atoms with Gasteiger partial charge < -0.3 is 9.29 Å². The molecule has 0 spiro atoms. The zero-order valence-corrected chi connectivity index (χ0v) is 16.9. The van der Waals surface area contributed by atoms with E-state index in [1.807, 2.05) is 0 Å². The zero-order chi connectivity index (χ0) is 22.5. The first kappa shape index (κ1) is 25.5. The van der Waals surface area contributed by atoms with Crippen LogP contribution in [0.2, 0.25) is 0 Å². The number of nitrogens with zero attached hydrogens (tertiary/aromatic N) is 1. The van der Waals surface area contributed by atoms with Crippen LogP contribution in [0.25, 0.3) is 0 Å². The van der Waals surface area contributed by atoms with Crippen molar-refractivity contribution in [1.29, 1.82) is 0 Å². The number of alkyl halides is 6. The first-order valence-corrected chi connectivity index (χ1v) is 9.79. The van der Waals surface area contributed by atoms with Crippen molar-refractivity contribution in [2.24, 2.45) is 4.40 Å². The average Bonchev–Trinajstić information content (AvgIpc) is 2.53. The molecule has 1 aromatic carbocycles. The van der Waals surface area contributed by atoms with Crippen molar-refractivity contribution in [3.8, 4) is 5.75 Å². The molecule has 0 fully saturated rings. The van der Waals surface area contributed by atoms with Crippen molar-refractivity contribution in [3.63, 3.8) is 0 Å². The van der Waals surface area contributed by atoms with Gasteiger partial charge in [-0.1, -0.05) is 4.40 Å². The topological polar surface area (TPSA) is 44.7 Å². The summed E-state index contributed by atoms with van der Waals surface area (Å²) in [4.78, 5) is 0. The van der Waals surface area contributed by atoms with Gasteiger partial charge in [-0.25, -0.2) is 4.39 Å². The quantitative estimate of drug-likeness (QED) is 0.207. The van der Waals surface area contributed by atoms with E-state index >= 15 is 0 Å². The third-order valence-corrected chi connectivity index (χ3v) is 4.93. The molecule has 0 unspecified atom stereocenters. The van der Waals surface area contributed by atoms with Crippen LogP contribution in [0.15, 0.2) is 22.6 Å². The summed E-state index contributed by atoms with van der Waals surface area (Å²) in [5, 5.41) is 0. The Hall–Kier alpha value is -1.49. The Morgan fingerprint density at radius 3 is 2.14 bits per heavy atom. The predicted molar refractivity (Wildman–Crippen MR) is 96.9 cm³/mol. The predicted octanol–water partition coefficient (Wildman–Crippen LogP) is 6.14. The number of ether oxygens (including phenoxy) is 1. The number of unbranched alkanes of at least 4 members (excludes halogenated alkanes) is 2. The smallest absolute Gasteiger partial charge is 0.438 e. The second-order valence-corrected chi connectivity index (χ2v) is 9.12. The Kier molecular flexibility index (Phi) is 8.82. The van der Waals surface area contributed by atoms with E-state index in [2.05, 4.69) is 4.40 Å². The maximum Gasteiger partial charge on any atom is 0.438 e. The van der Waals surface area contributed by atoms with Gasteiger partial charge in [0, 0.05) is 18.1 Å². The van der Waals surface area contributed by atoms with Gasteiger partial charge in [0.1, 0.15) is 27.7 Å². The summed E-state index contributed by atoms with van der Waals surface area (Å²) in [5.74, 6) is -1.33. The number of rotatable bonds is 8. The molecule has 0 heterocycles. The molecule has 0 amide bonds. The fourth-order valence-corrected chi connectivity index (χ4v) is 2.69. The second kappa shape index (κ2) is 10.0. The summed E-state index contributed by atoms with van der Waals surface area (Å²) < 4.78 is 109. The van der Waals surface area contributed by atoms with Gasteiger partial charge in [-0.15, -0.1) is 0 Å². The fourth-order valence-electron chi connectivity index (χ4n) is 2.05. The first-order valence-electron chi connectivity index (χ1n) is 8.68. The van der Waals surface area contributed by atoms with Crippen LogP contribution in [0.5, 0.6) is 5.75 Å². The monoisotopic (exact) mass is 449 g/mol. The molecule has 1 rings (SSSR count). The number of hydrogen-bond acceptors (Lipinski definition) is 3. The molecule has 0 saturated carbocycles. The maximum atomic E-state index is 14.3. The van der Waals surface area contributed by atoms with Gasteiger partial charge >= 0.3 is 12.4 Å². The largest absolute Gasteiger partial charge is 0.591 e. The summed E-state index contributed by atoms with van der Waals surface area (Å²) >= 11 is -2.25. The Bertz CT molecular complexity index is 697. The van der Waals surface area contributed by atoms with Crippen molar-refractivity contribution in [2.45, 2.75) is 63.6 Å². The molecule has 166 valence electrons. The van der Waals surface area contributed by atoms with Gasteiger partial charge in [-0.2, -0.15) is 26.3 Å². The number of hydrogen-bond donors (Lipinski definition) is 0. The van der Waals surface area contributed by atoms with Crippen LogP contribution < -0.4 is 4.74 Å². The van der Waals surface area contributed by atoms with E-state index < -0.39 is 52.0 Å². The Morgan fingerprint density at radius 2 is 1.66 bits per heavy atom. The lowest BCUT2D eigenvalue weighted by atomic mass is 10.1. The molecule has 11 heteroatoms. The minimum Gasteiger partial charge on any atom is -0.591 e. The third kappa shape index (κ3) is 9.24. The van der Waals surface area contributed by atoms with Crippen molar-refractivity contribution < 1.29 is 40.0 Å².